The van der Waals surface area contributed by atoms with Crippen molar-refractivity contribution in [2.24, 2.45) is 11.7 Å². The molecule has 104 valence electrons. The fraction of sp³-hybridized carbons (Fsp3) is 0.500. The standard InChI is InChI=1S/C14H21N3O2/c1-19-13-4-2-12(3-5-13)16-14(18)17-9-7-11(10-17)6-8-15/h2-5,11H,6-10,15H2,1H3,(H,16,18). The molecule has 19 heavy (non-hydrogen) atoms. The molecule has 1 aliphatic rings. The molecule has 3 N–H and O–H groups in total. The average molecular weight is 263 g/mol. The van der Waals surface area contributed by atoms with Gasteiger partial charge in [-0.15, -0.1) is 0 Å². The first-order valence-corrected chi connectivity index (χ1v) is 6.63. The predicted molar refractivity (Wildman–Crippen MR) is 75.4 cm³/mol. The topological polar surface area (TPSA) is 67.6 Å². The first kappa shape index (κ1) is 13.7. The number of carbonyl (C=O) groups excluding carboxylic acids is 1. The van der Waals surface area contributed by atoms with Gasteiger partial charge in [0, 0.05) is 18.8 Å². The summed E-state index contributed by atoms with van der Waals surface area (Å²) < 4.78 is 5.08. The molecule has 2 rings (SSSR count). The second-order valence-electron chi connectivity index (χ2n) is 4.84. The van der Waals surface area contributed by atoms with Gasteiger partial charge in [-0.1, -0.05) is 0 Å². The van der Waals surface area contributed by atoms with E-state index in [2.05, 4.69) is 5.32 Å². The Morgan fingerprint density at radius 1 is 1.47 bits per heavy atom. The molecule has 0 spiro atoms. The highest BCUT2D eigenvalue weighted by Crippen LogP contribution is 2.20. The minimum atomic E-state index is -0.0373. The first-order chi connectivity index (χ1) is 9.22. The van der Waals surface area contributed by atoms with E-state index in [1.807, 2.05) is 29.2 Å². The van der Waals surface area contributed by atoms with Gasteiger partial charge >= 0.3 is 6.03 Å². The van der Waals surface area contributed by atoms with Crippen LogP contribution in [0.1, 0.15) is 12.8 Å². The SMILES string of the molecule is COc1ccc(NC(=O)N2CCC(CCN)C2)cc1. The fourth-order valence-electron chi connectivity index (χ4n) is 2.37. The van der Waals surface area contributed by atoms with Crippen LogP contribution >= 0.6 is 0 Å². The molecule has 5 nitrogen and oxygen atoms in total. The van der Waals surface area contributed by atoms with Crippen molar-refractivity contribution in [2.45, 2.75) is 12.8 Å². The van der Waals surface area contributed by atoms with E-state index in [9.17, 15) is 4.79 Å². The summed E-state index contributed by atoms with van der Waals surface area (Å²) in [6.45, 7) is 2.31. The number of rotatable bonds is 4. The maximum absolute atomic E-state index is 12.1. The molecule has 1 heterocycles. The van der Waals surface area contributed by atoms with Gasteiger partial charge in [-0.05, 0) is 49.6 Å². The molecule has 1 aliphatic heterocycles. The van der Waals surface area contributed by atoms with Crippen molar-refractivity contribution in [1.29, 1.82) is 0 Å². The second-order valence-corrected chi connectivity index (χ2v) is 4.84. The smallest absolute Gasteiger partial charge is 0.321 e. The van der Waals surface area contributed by atoms with Gasteiger partial charge in [0.05, 0.1) is 7.11 Å². The number of hydrogen-bond acceptors (Lipinski definition) is 3. The van der Waals surface area contributed by atoms with Crippen molar-refractivity contribution < 1.29 is 9.53 Å². The highest BCUT2D eigenvalue weighted by atomic mass is 16.5. The van der Waals surface area contributed by atoms with Crippen LogP contribution in [0.5, 0.6) is 5.75 Å². The lowest BCUT2D eigenvalue weighted by atomic mass is 10.1. The molecule has 1 fully saturated rings. The molecule has 2 amide bonds. The molecule has 0 aliphatic carbocycles. The van der Waals surface area contributed by atoms with Gasteiger partial charge < -0.3 is 20.7 Å². The van der Waals surface area contributed by atoms with Crippen molar-refractivity contribution in [3.8, 4) is 5.75 Å². The van der Waals surface area contributed by atoms with Crippen LogP contribution in [0.4, 0.5) is 10.5 Å². The summed E-state index contributed by atoms with van der Waals surface area (Å²) in [6.07, 6.45) is 2.04. The lowest BCUT2D eigenvalue weighted by Crippen LogP contribution is -2.33. The number of nitrogens with two attached hydrogens (primary N) is 1. The number of likely N-dealkylation sites (tertiary alicyclic amines) is 1. The molecule has 0 bridgehead atoms. The largest absolute Gasteiger partial charge is 0.497 e. The summed E-state index contributed by atoms with van der Waals surface area (Å²) in [6, 6.07) is 7.30. The highest BCUT2D eigenvalue weighted by Gasteiger charge is 2.25. The number of hydrogen-bond donors (Lipinski definition) is 2. The molecule has 1 unspecified atom stereocenters. The minimum absolute atomic E-state index is 0.0373. The summed E-state index contributed by atoms with van der Waals surface area (Å²) in [5.41, 5.74) is 6.34. The quantitative estimate of drug-likeness (QED) is 0.871. The van der Waals surface area contributed by atoms with Crippen LogP contribution in [0, 0.1) is 5.92 Å². The van der Waals surface area contributed by atoms with Crippen molar-refractivity contribution in [2.75, 3.05) is 32.1 Å². The first-order valence-electron chi connectivity index (χ1n) is 6.63. The second kappa shape index (κ2) is 6.43. The Kier molecular flexibility index (Phi) is 4.63. The molecule has 1 atom stereocenters. The van der Waals surface area contributed by atoms with Gasteiger partial charge in [0.15, 0.2) is 0 Å². The summed E-state index contributed by atoms with van der Waals surface area (Å²) in [5, 5.41) is 2.90. The van der Waals surface area contributed by atoms with Crippen LogP contribution in [0.3, 0.4) is 0 Å². The molecule has 0 saturated carbocycles. The molecule has 1 saturated heterocycles. The van der Waals surface area contributed by atoms with Gasteiger partial charge in [-0.3, -0.25) is 0 Å². The van der Waals surface area contributed by atoms with Gasteiger partial charge in [0.1, 0.15) is 5.75 Å². The third kappa shape index (κ3) is 3.61. The molecular formula is C14H21N3O2. The number of anilines is 1. The lowest BCUT2D eigenvalue weighted by Gasteiger charge is -2.17. The molecule has 0 radical (unpaired) electrons. The van der Waals surface area contributed by atoms with Crippen LogP contribution in [0.15, 0.2) is 24.3 Å². The maximum Gasteiger partial charge on any atom is 0.321 e. The Morgan fingerprint density at radius 3 is 2.84 bits per heavy atom. The molecule has 0 aromatic heterocycles. The molecule has 5 heteroatoms. The Hall–Kier alpha value is -1.75. The number of nitrogens with one attached hydrogen (secondary N) is 1. The number of amides is 2. The summed E-state index contributed by atoms with van der Waals surface area (Å²) in [7, 11) is 1.62. The third-order valence-electron chi connectivity index (χ3n) is 3.49. The average Bonchev–Trinajstić information content (AvgIpc) is 2.89. The Labute approximate surface area is 113 Å². The van der Waals surface area contributed by atoms with Crippen LogP contribution in [0.25, 0.3) is 0 Å². The van der Waals surface area contributed by atoms with Crippen molar-refractivity contribution >= 4 is 11.7 Å². The van der Waals surface area contributed by atoms with Crippen LogP contribution in [0.2, 0.25) is 0 Å². The highest BCUT2D eigenvalue weighted by molar-refractivity contribution is 5.89. The molecule has 1 aromatic rings. The van der Waals surface area contributed by atoms with Crippen LogP contribution < -0.4 is 15.8 Å². The summed E-state index contributed by atoms with van der Waals surface area (Å²) >= 11 is 0. The van der Waals surface area contributed by atoms with E-state index >= 15 is 0 Å². The van der Waals surface area contributed by atoms with Gasteiger partial charge in [-0.25, -0.2) is 4.79 Å². The zero-order valence-electron chi connectivity index (χ0n) is 11.3. The Balaban J connectivity index is 1.87. The van der Waals surface area contributed by atoms with E-state index < -0.39 is 0 Å². The van der Waals surface area contributed by atoms with E-state index in [-0.39, 0.29) is 6.03 Å². The number of carbonyl (C=O) groups is 1. The number of methoxy groups -OCH3 is 1. The minimum Gasteiger partial charge on any atom is -0.497 e. The van der Waals surface area contributed by atoms with E-state index in [1.54, 1.807) is 7.11 Å². The van der Waals surface area contributed by atoms with Gasteiger partial charge in [0.25, 0.3) is 0 Å². The molecule has 1 aromatic carbocycles. The maximum atomic E-state index is 12.1. The summed E-state index contributed by atoms with van der Waals surface area (Å²) in [5.74, 6) is 1.33. The van der Waals surface area contributed by atoms with Gasteiger partial charge in [-0.2, -0.15) is 0 Å². The van der Waals surface area contributed by atoms with Crippen LogP contribution in [-0.4, -0.2) is 37.7 Å². The zero-order valence-corrected chi connectivity index (χ0v) is 11.3. The Morgan fingerprint density at radius 2 is 2.21 bits per heavy atom. The zero-order chi connectivity index (χ0) is 13.7. The van der Waals surface area contributed by atoms with E-state index in [0.717, 1.165) is 37.4 Å². The van der Waals surface area contributed by atoms with Crippen molar-refractivity contribution in [3.63, 3.8) is 0 Å². The third-order valence-corrected chi connectivity index (χ3v) is 3.49. The predicted octanol–water partition coefficient (Wildman–Crippen LogP) is 1.90. The number of ether oxygens (including phenoxy) is 1. The Bertz CT molecular complexity index is 419. The van der Waals surface area contributed by atoms with Crippen molar-refractivity contribution in [1.82, 2.24) is 4.90 Å². The lowest BCUT2D eigenvalue weighted by molar-refractivity contribution is 0.220. The van der Waals surface area contributed by atoms with Gasteiger partial charge in [0.2, 0.25) is 0 Å². The van der Waals surface area contributed by atoms with Crippen LogP contribution in [-0.2, 0) is 0 Å². The summed E-state index contributed by atoms with van der Waals surface area (Å²) in [4.78, 5) is 13.9. The monoisotopic (exact) mass is 263 g/mol. The number of nitrogens with zero attached hydrogens (tertiary/aromatic N) is 1. The number of urea groups is 1. The van der Waals surface area contributed by atoms with E-state index in [0.29, 0.717) is 12.5 Å². The van der Waals surface area contributed by atoms with E-state index in [4.69, 9.17) is 10.5 Å². The number of benzene rings is 1. The normalized spacial score (nSPS) is 18.4. The fourth-order valence-corrected chi connectivity index (χ4v) is 2.37. The molecular weight excluding hydrogens is 242 g/mol. The van der Waals surface area contributed by atoms with E-state index in [1.165, 1.54) is 0 Å². The van der Waals surface area contributed by atoms with Crippen molar-refractivity contribution in [3.05, 3.63) is 24.3 Å².